The summed E-state index contributed by atoms with van der Waals surface area (Å²) >= 11 is 3.29. The number of halogens is 1. The van der Waals surface area contributed by atoms with Gasteiger partial charge in [0.15, 0.2) is 0 Å². The maximum atomic E-state index is 12.1. The first-order valence-electron chi connectivity index (χ1n) is 5.30. The molecule has 0 bridgehead atoms. The van der Waals surface area contributed by atoms with Gasteiger partial charge in [0, 0.05) is 23.8 Å². The lowest BCUT2D eigenvalue weighted by molar-refractivity contribution is 0.0765. The maximum Gasteiger partial charge on any atom is 0.257 e. The van der Waals surface area contributed by atoms with Crippen LogP contribution in [0.2, 0.25) is 0 Å². The van der Waals surface area contributed by atoms with Crippen LogP contribution in [0.25, 0.3) is 0 Å². The number of rotatable bonds is 4. The van der Waals surface area contributed by atoms with Crippen LogP contribution in [0.15, 0.2) is 16.7 Å². The summed E-state index contributed by atoms with van der Waals surface area (Å²) < 4.78 is 0.762. The van der Waals surface area contributed by atoms with Gasteiger partial charge in [0.05, 0.1) is 5.56 Å². The monoisotopic (exact) mass is 285 g/mol. The molecule has 0 aliphatic rings. The van der Waals surface area contributed by atoms with Crippen molar-refractivity contribution in [3.05, 3.63) is 22.3 Å². The Kier molecular flexibility index (Phi) is 4.73. The molecule has 0 aliphatic carbocycles. The van der Waals surface area contributed by atoms with Crippen molar-refractivity contribution in [2.75, 3.05) is 18.8 Å². The fourth-order valence-electron chi connectivity index (χ4n) is 1.46. The van der Waals surface area contributed by atoms with E-state index >= 15 is 0 Å². The molecule has 1 heterocycles. The molecule has 4 nitrogen and oxygen atoms in total. The largest absolute Gasteiger partial charge is 0.383 e. The van der Waals surface area contributed by atoms with Crippen LogP contribution in [0.5, 0.6) is 0 Å². The minimum absolute atomic E-state index is 0.0596. The molecule has 88 valence electrons. The van der Waals surface area contributed by atoms with E-state index in [9.17, 15) is 4.79 Å². The Balaban J connectivity index is 2.98. The van der Waals surface area contributed by atoms with Crippen molar-refractivity contribution in [2.24, 2.45) is 0 Å². The van der Waals surface area contributed by atoms with Gasteiger partial charge in [0.2, 0.25) is 0 Å². The summed E-state index contributed by atoms with van der Waals surface area (Å²) in [5.74, 6) is 0.221. The Morgan fingerprint density at radius 1 is 1.56 bits per heavy atom. The lowest BCUT2D eigenvalue weighted by Crippen LogP contribution is -2.32. The van der Waals surface area contributed by atoms with Crippen molar-refractivity contribution in [3.63, 3.8) is 0 Å². The van der Waals surface area contributed by atoms with Crippen LogP contribution in [0.4, 0.5) is 5.82 Å². The first-order valence-corrected chi connectivity index (χ1v) is 6.09. The standard InChI is InChI=1S/C11H16BrN3O/c1-3-5-15(4-2)11(16)9-6-8(12)7-14-10(9)13/h6-7H,3-5H2,1-2H3,(H2,13,14). The van der Waals surface area contributed by atoms with Crippen molar-refractivity contribution in [2.45, 2.75) is 20.3 Å². The van der Waals surface area contributed by atoms with Gasteiger partial charge in [-0.3, -0.25) is 4.79 Å². The van der Waals surface area contributed by atoms with Gasteiger partial charge in [-0.15, -0.1) is 0 Å². The summed E-state index contributed by atoms with van der Waals surface area (Å²) in [6, 6.07) is 1.71. The van der Waals surface area contributed by atoms with Crippen LogP contribution in [0.3, 0.4) is 0 Å². The van der Waals surface area contributed by atoms with Crippen LogP contribution in [-0.4, -0.2) is 28.9 Å². The lowest BCUT2D eigenvalue weighted by Gasteiger charge is -2.20. The van der Waals surface area contributed by atoms with Gasteiger partial charge in [-0.1, -0.05) is 6.92 Å². The van der Waals surface area contributed by atoms with Crippen LogP contribution in [0, 0.1) is 0 Å². The predicted molar refractivity (Wildman–Crippen MR) is 68.2 cm³/mol. The molecule has 0 unspecified atom stereocenters. The van der Waals surface area contributed by atoms with Crippen molar-refractivity contribution in [3.8, 4) is 0 Å². The van der Waals surface area contributed by atoms with Crippen molar-refractivity contribution >= 4 is 27.7 Å². The number of hydrogen-bond donors (Lipinski definition) is 1. The Bertz CT molecular complexity index is 381. The summed E-state index contributed by atoms with van der Waals surface area (Å²) in [4.78, 5) is 17.8. The second-order valence-electron chi connectivity index (χ2n) is 3.47. The summed E-state index contributed by atoms with van der Waals surface area (Å²) in [6.45, 7) is 5.41. The average Bonchev–Trinajstić information content (AvgIpc) is 2.28. The number of anilines is 1. The molecule has 1 aromatic rings. The van der Waals surface area contributed by atoms with Gasteiger partial charge in [-0.05, 0) is 35.3 Å². The number of nitrogens with two attached hydrogens (primary N) is 1. The molecule has 1 amide bonds. The summed E-state index contributed by atoms with van der Waals surface area (Å²) in [7, 11) is 0. The Morgan fingerprint density at radius 3 is 2.81 bits per heavy atom. The predicted octanol–water partition coefficient (Wildman–Crippen LogP) is 2.30. The van der Waals surface area contributed by atoms with Gasteiger partial charge < -0.3 is 10.6 Å². The zero-order chi connectivity index (χ0) is 12.1. The number of nitrogen functional groups attached to an aromatic ring is 1. The van der Waals surface area contributed by atoms with E-state index in [4.69, 9.17) is 5.73 Å². The smallest absolute Gasteiger partial charge is 0.257 e. The van der Waals surface area contributed by atoms with E-state index in [2.05, 4.69) is 20.9 Å². The highest BCUT2D eigenvalue weighted by Crippen LogP contribution is 2.17. The maximum absolute atomic E-state index is 12.1. The van der Waals surface area contributed by atoms with E-state index < -0.39 is 0 Å². The number of pyridine rings is 1. The second kappa shape index (κ2) is 5.84. The van der Waals surface area contributed by atoms with E-state index in [-0.39, 0.29) is 11.7 Å². The topological polar surface area (TPSA) is 59.2 Å². The van der Waals surface area contributed by atoms with E-state index in [0.29, 0.717) is 12.1 Å². The Hall–Kier alpha value is -1.10. The van der Waals surface area contributed by atoms with Crippen molar-refractivity contribution in [1.82, 2.24) is 9.88 Å². The molecule has 0 saturated carbocycles. The van der Waals surface area contributed by atoms with E-state index in [1.807, 2.05) is 13.8 Å². The number of hydrogen-bond acceptors (Lipinski definition) is 3. The average molecular weight is 286 g/mol. The first-order chi connectivity index (χ1) is 7.60. The normalized spacial score (nSPS) is 10.2. The molecule has 0 aliphatic heterocycles. The van der Waals surface area contributed by atoms with Crippen molar-refractivity contribution < 1.29 is 4.79 Å². The van der Waals surface area contributed by atoms with Gasteiger partial charge >= 0.3 is 0 Å². The first kappa shape index (κ1) is 13.0. The number of nitrogens with zero attached hydrogens (tertiary/aromatic N) is 2. The molecule has 0 spiro atoms. The molecule has 2 N–H and O–H groups in total. The van der Waals surface area contributed by atoms with Crippen LogP contribution in [-0.2, 0) is 0 Å². The highest BCUT2D eigenvalue weighted by atomic mass is 79.9. The summed E-state index contributed by atoms with van der Waals surface area (Å²) in [6.07, 6.45) is 2.52. The zero-order valence-corrected chi connectivity index (χ0v) is 11.1. The number of amides is 1. The molecule has 5 heteroatoms. The van der Waals surface area contributed by atoms with Gasteiger partial charge in [0.25, 0.3) is 5.91 Å². The van der Waals surface area contributed by atoms with Crippen LogP contribution >= 0.6 is 15.9 Å². The highest BCUT2D eigenvalue weighted by Gasteiger charge is 2.17. The van der Waals surface area contributed by atoms with Gasteiger partial charge in [0.1, 0.15) is 5.82 Å². The summed E-state index contributed by atoms with van der Waals surface area (Å²) in [5, 5.41) is 0. The van der Waals surface area contributed by atoms with Crippen molar-refractivity contribution in [1.29, 1.82) is 0 Å². The van der Waals surface area contributed by atoms with Crippen LogP contribution in [0.1, 0.15) is 30.6 Å². The molecular formula is C11H16BrN3O. The second-order valence-corrected chi connectivity index (χ2v) is 4.39. The molecule has 0 saturated heterocycles. The molecule has 1 rings (SSSR count). The minimum atomic E-state index is -0.0596. The van der Waals surface area contributed by atoms with E-state index in [1.165, 1.54) is 0 Å². The fraction of sp³-hybridized carbons (Fsp3) is 0.455. The number of carbonyl (C=O) groups is 1. The number of aromatic nitrogens is 1. The SMILES string of the molecule is CCCN(CC)C(=O)c1cc(Br)cnc1N. The third-order valence-electron chi connectivity index (χ3n) is 2.28. The van der Waals surface area contributed by atoms with E-state index in [0.717, 1.165) is 17.4 Å². The molecule has 1 aromatic heterocycles. The van der Waals surface area contributed by atoms with Gasteiger partial charge in [-0.2, -0.15) is 0 Å². The molecule has 0 fully saturated rings. The highest BCUT2D eigenvalue weighted by molar-refractivity contribution is 9.10. The molecule has 16 heavy (non-hydrogen) atoms. The summed E-state index contributed by atoms with van der Waals surface area (Å²) in [5.41, 5.74) is 6.16. The van der Waals surface area contributed by atoms with E-state index in [1.54, 1.807) is 17.2 Å². The quantitative estimate of drug-likeness (QED) is 0.924. The molecule has 0 atom stereocenters. The third kappa shape index (κ3) is 2.95. The minimum Gasteiger partial charge on any atom is -0.383 e. The molecular weight excluding hydrogens is 270 g/mol. The Morgan fingerprint density at radius 2 is 2.25 bits per heavy atom. The lowest BCUT2D eigenvalue weighted by atomic mass is 10.2. The fourth-order valence-corrected chi connectivity index (χ4v) is 1.80. The van der Waals surface area contributed by atoms with Crippen LogP contribution < -0.4 is 5.73 Å². The molecule has 0 radical (unpaired) electrons. The zero-order valence-electron chi connectivity index (χ0n) is 9.53. The third-order valence-corrected chi connectivity index (χ3v) is 2.71. The van der Waals surface area contributed by atoms with Gasteiger partial charge in [-0.25, -0.2) is 4.98 Å². The molecule has 0 aromatic carbocycles. The number of carbonyl (C=O) groups excluding carboxylic acids is 1. The Labute approximate surface area is 104 Å².